The zero-order valence-electron chi connectivity index (χ0n) is 9.37. The summed E-state index contributed by atoms with van der Waals surface area (Å²) in [6.07, 6.45) is 0. The Morgan fingerprint density at radius 3 is 2.39 bits per heavy atom. The fourth-order valence-electron chi connectivity index (χ4n) is 1.95. The predicted molar refractivity (Wildman–Crippen MR) is 68.1 cm³/mol. The number of nitrogen functional groups attached to an aromatic ring is 1. The highest BCUT2D eigenvalue weighted by molar-refractivity contribution is 5.88. The number of halogens is 2. The van der Waals surface area contributed by atoms with Crippen molar-refractivity contribution >= 4 is 16.6 Å². The standard InChI is InChI=1S/C14H10F2N2/c15-10-3-1-8(2-4-10)13-6-9-5-11(16)12(17)7-14(9)18-13/h1-7,18H,17H2. The summed E-state index contributed by atoms with van der Waals surface area (Å²) in [6, 6.07) is 10.8. The molecule has 0 atom stereocenters. The van der Waals surface area contributed by atoms with Crippen molar-refractivity contribution in [3.63, 3.8) is 0 Å². The van der Waals surface area contributed by atoms with Gasteiger partial charge in [-0.25, -0.2) is 8.78 Å². The van der Waals surface area contributed by atoms with Gasteiger partial charge in [0.05, 0.1) is 5.69 Å². The van der Waals surface area contributed by atoms with Gasteiger partial charge in [-0.15, -0.1) is 0 Å². The van der Waals surface area contributed by atoms with Crippen LogP contribution in [-0.2, 0) is 0 Å². The van der Waals surface area contributed by atoms with E-state index < -0.39 is 5.82 Å². The quantitative estimate of drug-likeness (QED) is 0.630. The lowest BCUT2D eigenvalue weighted by molar-refractivity contribution is 0.628. The molecule has 0 radical (unpaired) electrons. The van der Waals surface area contributed by atoms with Crippen LogP contribution in [0, 0.1) is 11.6 Å². The van der Waals surface area contributed by atoms with E-state index in [4.69, 9.17) is 5.73 Å². The van der Waals surface area contributed by atoms with Gasteiger partial charge >= 0.3 is 0 Å². The largest absolute Gasteiger partial charge is 0.396 e. The van der Waals surface area contributed by atoms with Crippen molar-refractivity contribution in [2.75, 3.05) is 5.73 Å². The molecule has 0 fully saturated rings. The van der Waals surface area contributed by atoms with Gasteiger partial charge in [0.2, 0.25) is 0 Å². The molecule has 0 aliphatic heterocycles. The SMILES string of the molecule is Nc1cc2[nH]c(-c3ccc(F)cc3)cc2cc1F. The number of anilines is 1. The van der Waals surface area contributed by atoms with Crippen LogP contribution in [0.3, 0.4) is 0 Å². The van der Waals surface area contributed by atoms with Crippen LogP contribution >= 0.6 is 0 Å². The summed E-state index contributed by atoms with van der Waals surface area (Å²) >= 11 is 0. The van der Waals surface area contributed by atoms with E-state index in [1.807, 2.05) is 6.07 Å². The van der Waals surface area contributed by atoms with Gasteiger partial charge in [0, 0.05) is 16.6 Å². The number of H-pyrrole nitrogens is 1. The van der Waals surface area contributed by atoms with Gasteiger partial charge in [0.25, 0.3) is 0 Å². The van der Waals surface area contributed by atoms with Crippen molar-refractivity contribution in [2.45, 2.75) is 0 Å². The topological polar surface area (TPSA) is 41.8 Å². The maximum Gasteiger partial charge on any atom is 0.146 e. The Labute approximate surface area is 102 Å². The van der Waals surface area contributed by atoms with Crippen molar-refractivity contribution in [1.82, 2.24) is 4.98 Å². The van der Waals surface area contributed by atoms with Crippen LogP contribution in [-0.4, -0.2) is 4.98 Å². The molecular formula is C14H10F2N2. The molecular weight excluding hydrogens is 234 g/mol. The number of hydrogen-bond acceptors (Lipinski definition) is 1. The third-order valence-electron chi connectivity index (χ3n) is 2.89. The van der Waals surface area contributed by atoms with Crippen molar-refractivity contribution in [2.24, 2.45) is 0 Å². The number of aromatic nitrogens is 1. The molecule has 2 aromatic carbocycles. The molecule has 1 aromatic heterocycles. The number of nitrogens with two attached hydrogens (primary N) is 1. The number of hydrogen-bond donors (Lipinski definition) is 2. The zero-order chi connectivity index (χ0) is 12.7. The molecule has 0 spiro atoms. The highest BCUT2D eigenvalue weighted by Crippen LogP contribution is 2.27. The summed E-state index contributed by atoms with van der Waals surface area (Å²) in [5, 5.41) is 0.737. The molecule has 3 N–H and O–H groups in total. The number of fused-ring (bicyclic) bond motifs is 1. The number of benzene rings is 2. The molecule has 0 saturated heterocycles. The molecule has 3 rings (SSSR count). The minimum atomic E-state index is -0.438. The molecule has 2 nitrogen and oxygen atoms in total. The molecule has 0 aliphatic carbocycles. The first kappa shape index (κ1) is 10.8. The smallest absolute Gasteiger partial charge is 0.146 e. The van der Waals surface area contributed by atoms with Crippen molar-refractivity contribution in [3.8, 4) is 11.3 Å². The second kappa shape index (κ2) is 3.84. The molecule has 0 aliphatic rings. The fourth-order valence-corrected chi connectivity index (χ4v) is 1.95. The van der Waals surface area contributed by atoms with Gasteiger partial charge in [-0.2, -0.15) is 0 Å². The summed E-state index contributed by atoms with van der Waals surface area (Å²) in [4.78, 5) is 3.13. The summed E-state index contributed by atoms with van der Waals surface area (Å²) in [6.45, 7) is 0. The van der Waals surface area contributed by atoms with E-state index in [-0.39, 0.29) is 11.5 Å². The first-order valence-electron chi connectivity index (χ1n) is 5.47. The van der Waals surface area contributed by atoms with Gasteiger partial charge in [-0.1, -0.05) is 0 Å². The van der Waals surface area contributed by atoms with Crippen LogP contribution in [0.2, 0.25) is 0 Å². The van der Waals surface area contributed by atoms with Crippen molar-refractivity contribution < 1.29 is 8.78 Å². The van der Waals surface area contributed by atoms with Crippen LogP contribution in [0.5, 0.6) is 0 Å². The lowest BCUT2D eigenvalue weighted by Gasteiger charge is -1.96. The Balaban J connectivity index is 2.16. The first-order valence-corrected chi connectivity index (χ1v) is 5.47. The Hall–Kier alpha value is -2.36. The van der Waals surface area contributed by atoms with Gasteiger partial charge in [-0.05, 0) is 48.0 Å². The monoisotopic (exact) mass is 244 g/mol. The predicted octanol–water partition coefficient (Wildman–Crippen LogP) is 3.70. The van der Waals surface area contributed by atoms with Crippen LogP contribution in [0.1, 0.15) is 0 Å². The molecule has 0 amide bonds. The molecule has 1 heterocycles. The molecule has 0 saturated carbocycles. The fraction of sp³-hybridized carbons (Fsp3) is 0. The average Bonchev–Trinajstić information content (AvgIpc) is 2.73. The number of aromatic amines is 1. The van der Waals surface area contributed by atoms with Crippen LogP contribution in [0.4, 0.5) is 14.5 Å². The lowest BCUT2D eigenvalue weighted by Crippen LogP contribution is -1.89. The third-order valence-corrected chi connectivity index (χ3v) is 2.89. The van der Waals surface area contributed by atoms with E-state index in [9.17, 15) is 8.78 Å². The molecule has 3 aromatic rings. The molecule has 18 heavy (non-hydrogen) atoms. The van der Waals surface area contributed by atoms with Gasteiger partial charge in [0.1, 0.15) is 11.6 Å². The second-order valence-corrected chi connectivity index (χ2v) is 4.15. The van der Waals surface area contributed by atoms with E-state index in [2.05, 4.69) is 4.98 Å². The molecule has 0 bridgehead atoms. The second-order valence-electron chi connectivity index (χ2n) is 4.15. The maximum absolute atomic E-state index is 13.3. The Morgan fingerprint density at radius 2 is 1.67 bits per heavy atom. The zero-order valence-corrected chi connectivity index (χ0v) is 9.37. The summed E-state index contributed by atoms with van der Waals surface area (Å²) in [5.41, 5.74) is 8.01. The minimum absolute atomic E-state index is 0.106. The molecule has 0 unspecified atom stereocenters. The number of rotatable bonds is 1. The Bertz CT molecular complexity index is 675. The summed E-state index contributed by atoms with van der Waals surface area (Å²) < 4.78 is 26.2. The minimum Gasteiger partial charge on any atom is -0.396 e. The molecule has 4 heteroatoms. The third kappa shape index (κ3) is 1.72. The summed E-state index contributed by atoms with van der Waals surface area (Å²) in [5.74, 6) is -0.725. The Kier molecular flexibility index (Phi) is 2.30. The van der Waals surface area contributed by atoms with Crippen molar-refractivity contribution in [3.05, 3.63) is 54.1 Å². The maximum atomic E-state index is 13.3. The lowest BCUT2D eigenvalue weighted by atomic mass is 10.1. The normalized spacial score (nSPS) is 11.0. The van der Waals surface area contributed by atoms with E-state index in [0.717, 1.165) is 22.2 Å². The van der Waals surface area contributed by atoms with Gasteiger partial charge in [0.15, 0.2) is 0 Å². The van der Waals surface area contributed by atoms with E-state index in [1.54, 1.807) is 18.2 Å². The van der Waals surface area contributed by atoms with Crippen LogP contribution < -0.4 is 5.73 Å². The van der Waals surface area contributed by atoms with Gasteiger partial charge in [-0.3, -0.25) is 0 Å². The van der Waals surface area contributed by atoms with E-state index >= 15 is 0 Å². The first-order chi connectivity index (χ1) is 8.63. The van der Waals surface area contributed by atoms with E-state index in [1.165, 1.54) is 18.2 Å². The average molecular weight is 244 g/mol. The number of nitrogens with one attached hydrogen (secondary N) is 1. The van der Waals surface area contributed by atoms with E-state index in [0.29, 0.717) is 0 Å². The highest BCUT2D eigenvalue weighted by Gasteiger charge is 2.06. The molecule has 90 valence electrons. The summed E-state index contributed by atoms with van der Waals surface area (Å²) in [7, 11) is 0. The van der Waals surface area contributed by atoms with Crippen molar-refractivity contribution in [1.29, 1.82) is 0 Å². The Morgan fingerprint density at radius 1 is 0.944 bits per heavy atom. The van der Waals surface area contributed by atoms with Crippen LogP contribution in [0.15, 0.2) is 42.5 Å². The highest BCUT2D eigenvalue weighted by atomic mass is 19.1. The van der Waals surface area contributed by atoms with Crippen LogP contribution in [0.25, 0.3) is 22.2 Å². The van der Waals surface area contributed by atoms with Gasteiger partial charge < -0.3 is 10.7 Å².